The predicted molar refractivity (Wildman–Crippen MR) is 155 cm³/mol. The summed E-state index contributed by atoms with van der Waals surface area (Å²) in [7, 11) is 1.48. The minimum absolute atomic E-state index is 0.0449. The molecular formula is C30H35F3N8O3. The van der Waals surface area contributed by atoms with E-state index in [9.17, 15) is 27.6 Å². The molecule has 1 atom stereocenters. The Balaban J connectivity index is 1.10. The van der Waals surface area contributed by atoms with E-state index in [0.29, 0.717) is 43.0 Å². The number of nitrogens with zero attached hydrogens (tertiary/aromatic N) is 6. The maximum absolute atomic E-state index is 13.8. The lowest BCUT2D eigenvalue weighted by Gasteiger charge is -2.37. The quantitative estimate of drug-likeness (QED) is 0.439. The Labute approximate surface area is 252 Å². The van der Waals surface area contributed by atoms with Gasteiger partial charge in [0.05, 0.1) is 29.5 Å². The number of aryl methyl sites for hydroxylation is 1. The molecule has 0 spiro atoms. The van der Waals surface area contributed by atoms with Gasteiger partial charge in [0.1, 0.15) is 0 Å². The van der Waals surface area contributed by atoms with Crippen molar-refractivity contribution in [3.63, 3.8) is 0 Å². The first-order chi connectivity index (χ1) is 21.0. The van der Waals surface area contributed by atoms with Gasteiger partial charge in [-0.2, -0.15) is 18.3 Å². The lowest BCUT2D eigenvalue weighted by molar-refractivity contribution is -0.141. The van der Waals surface area contributed by atoms with E-state index in [-0.39, 0.29) is 41.0 Å². The standard InChI is InChI=1S/C30H35F3N8O3/c1-18-15-19(6-9-21(18)28(43)39-11-13-40(14-12-39)29(44)23-5-3-4-10-34-23)36-27(42)26-35-16-24(38(26)2)22-17-41(20-7-8-20)37-25(22)30(31,32)33/h6,9,15-17,20,23,34H,3-5,7-8,10-14H2,1-2H3,(H,36,42)/t23-/m1/s1. The number of piperazine rings is 1. The summed E-state index contributed by atoms with van der Waals surface area (Å²) in [5.74, 6) is -0.721. The highest BCUT2D eigenvalue weighted by Crippen LogP contribution is 2.41. The minimum atomic E-state index is -4.66. The molecule has 2 aliphatic heterocycles. The molecule has 2 aromatic heterocycles. The Morgan fingerprint density at radius 3 is 2.39 bits per heavy atom. The molecule has 14 heteroatoms. The van der Waals surface area contributed by atoms with E-state index in [0.717, 1.165) is 38.6 Å². The van der Waals surface area contributed by atoms with Crippen LogP contribution in [0.5, 0.6) is 0 Å². The summed E-state index contributed by atoms with van der Waals surface area (Å²) in [6.07, 6.45) is 2.46. The summed E-state index contributed by atoms with van der Waals surface area (Å²) < 4.78 is 43.9. The van der Waals surface area contributed by atoms with Crippen LogP contribution in [-0.4, -0.2) is 85.6 Å². The highest BCUT2D eigenvalue weighted by Gasteiger charge is 2.40. The predicted octanol–water partition coefficient (Wildman–Crippen LogP) is 3.62. The summed E-state index contributed by atoms with van der Waals surface area (Å²) in [4.78, 5) is 46.9. The van der Waals surface area contributed by atoms with Crippen LogP contribution in [-0.2, 0) is 18.0 Å². The van der Waals surface area contributed by atoms with Crippen LogP contribution >= 0.6 is 0 Å². The lowest BCUT2D eigenvalue weighted by atomic mass is 10.0. The van der Waals surface area contributed by atoms with Crippen molar-refractivity contribution in [1.29, 1.82) is 0 Å². The number of aromatic nitrogens is 4. The van der Waals surface area contributed by atoms with Crippen molar-refractivity contribution >= 4 is 23.4 Å². The molecule has 3 amide bonds. The van der Waals surface area contributed by atoms with E-state index in [1.807, 2.05) is 4.90 Å². The van der Waals surface area contributed by atoms with Gasteiger partial charge < -0.3 is 25.0 Å². The molecule has 0 radical (unpaired) electrons. The number of alkyl halides is 3. The molecule has 44 heavy (non-hydrogen) atoms. The molecule has 6 rings (SSSR count). The van der Waals surface area contributed by atoms with Crippen LogP contribution in [0.3, 0.4) is 0 Å². The molecule has 0 unspecified atom stereocenters. The van der Waals surface area contributed by atoms with Crippen LogP contribution in [0.15, 0.2) is 30.6 Å². The number of carbonyl (C=O) groups excluding carboxylic acids is 3. The van der Waals surface area contributed by atoms with E-state index >= 15 is 0 Å². The SMILES string of the molecule is Cc1cc(NC(=O)c2ncc(-c3cn(C4CC4)nc3C(F)(F)F)n2C)ccc1C(=O)N1CCN(C(=O)[C@H]2CCCCN2)CC1. The van der Waals surface area contributed by atoms with E-state index in [1.165, 1.54) is 28.7 Å². The van der Waals surface area contributed by atoms with Gasteiger partial charge in [-0.15, -0.1) is 0 Å². The van der Waals surface area contributed by atoms with E-state index in [2.05, 4.69) is 20.7 Å². The van der Waals surface area contributed by atoms with Gasteiger partial charge in [-0.1, -0.05) is 6.42 Å². The summed E-state index contributed by atoms with van der Waals surface area (Å²) in [5, 5.41) is 9.80. The molecule has 1 aromatic carbocycles. The average molecular weight is 613 g/mol. The Bertz CT molecular complexity index is 1580. The van der Waals surface area contributed by atoms with E-state index in [1.54, 1.807) is 30.0 Å². The number of nitrogens with one attached hydrogen (secondary N) is 2. The van der Waals surface area contributed by atoms with Crippen LogP contribution in [0.25, 0.3) is 11.3 Å². The van der Waals surface area contributed by atoms with Gasteiger partial charge in [0.25, 0.3) is 11.8 Å². The van der Waals surface area contributed by atoms with Gasteiger partial charge in [0.2, 0.25) is 5.91 Å². The molecule has 3 fully saturated rings. The highest BCUT2D eigenvalue weighted by molar-refractivity contribution is 6.03. The third-order valence-electron chi connectivity index (χ3n) is 8.59. The lowest BCUT2D eigenvalue weighted by Crippen LogP contribution is -2.55. The first-order valence-electron chi connectivity index (χ1n) is 14.9. The van der Waals surface area contributed by atoms with Gasteiger partial charge in [-0.25, -0.2) is 4.98 Å². The van der Waals surface area contributed by atoms with Crippen molar-refractivity contribution in [3.8, 4) is 11.3 Å². The Hall–Kier alpha value is -4.20. The topological polar surface area (TPSA) is 117 Å². The highest BCUT2D eigenvalue weighted by atomic mass is 19.4. The minimum Gasteiger partial charge on any atom is -0.338 e. The molecule has 1 saturated carbocycles. The van der Waals surface area contributed by atoms with Gasteiger partial charge in [-0.05, 0) is 62.9 Å². The number of benzene rings is 1. The van der Waals surface area contributed by atoms with Gasteiger partial charge in [-0.3, -0.25) is 19.1 Å². The van der Waals surface area contributed by atoms with Crippen LogP contribution in [0.4, 0.5) is 18.9 Å². The summed E-state index contributed by atoms with van der Waals surface area (Å²) in [5.41, 5.74) is 0.547. The normalized spacial score (nSPS) is 19.2. The van der Waals surface area contributed by atoms with Crippen molar-refractivity contribution in [2.24, 2.45) is 7.05 Å². The number of hydrogen-bond acceptors (Lipinski definition) is 6. The van der Waals surface area contributed by atoms with Crippen LogP contribution in [0.2, 0.25) is 0 Å². The Morgan fingerprint density at radius 2 is 1.75 bits per heavy atom. The van der Waals surface area contributed by atoms with Crippen molar-refractivity contribution in [3.05, 3.63) is 53.2 Å². The number of piperidine rings is 1. The Morgan fingerprint density at radius 1 is 1.02 bits per heavy atom. The van der Waals surface area contributed by atoms with Crippen LogP contribution in [0, 0.1) is 6.92 Å². The summed E-state index contributed by atoms with van der Waals surface area (Å²) in [6.45, 7) is 4.45. The first-order valence-corrected chi connectivity index (χ1v) is 14.9. The van der Waals surface area contributed by atoms with Crippen molar-refractivity contribution in [2.45, 2.75) is 57.3 Å². The molecule has 234 valence electrons. The van der Waals surface area contributed by atoms with Gasteiger partial charge in [0, 0.05) is 50.7 Å². The molecule has 4 heterocycles. The number of hydrogen-bond donors (Lipinski definition) is 2. The monoisotopic (exact) mass is 612 g/mol. The average Bonchev–Trinajstić information content (AvgIpc) is 3.64. The first kappa shape index (κ1) is 29.9. The summed E-state index contributed by atoms with van der Waals surface area (Å²) >= 11 is 0. The fourth-order valence-electron chi connectivity index (χ4n) is 5.94. The second kappa shape index (κ2) is 11.7. The third-order valence-corrected chi connectivity index (χ3v) is 8.59. The van der Waals surface area contributed by atoms with Crippen molar-refractivity contribution in [2.75, 3.05) is 38.0 Å². The molecule has 3 aromatic rings. The summed E-state index contributed by atoms with van der Waals surface area (Å²) in [6, 6.07) is 4.74. The number of amides is 3. The largest absolute Gasteiger partial charge is 0.435 e. The molecule has 2 N–H and O–H groups in total. The van der Waals surface area contributed by atoms with Crippen molar-refractivity contribution < 1.29 is 27.6 Å². The van der Waals surface area contributed by atoms with Crippen molar-refractivity contribution in [1.82, 2.24) is 34.4 Å². The molecule has 11 nitrogen and oxygen atoms in total. The zero-order valence-corrected chi connectivity index (χ0v) is 24.7. The number of carbonyl (C=O) groups is 3. The molecule has 1 aliphatic carbocycles. The van der Waals surface area contributed by atoms with Crippen LogP contribution in [0.1, 0.15) is 70.4 Å². The van der Waals surface area contributed by atoms with E-state index < -0.39 is 17.8 Å². The Kier molecular flexibility index (Phi) is 7.95. The fraction of sp³-hybridized carbons (Fsp3) is 0.500. The number of imidazole rings is 1. The maximum atomic E-state index is 13.8. The smallest absolute Gasteiger partial charge is 0.338 e. The van der Waals surface area contributed by atoms with E-state index in [4.69, 9.17) is 0 Å². The fourth-order valence-corrected chi connectivity index (χ4v) is 5.94. The number of anilines is 1. The number of halogens is 3. The molecule has 3 aliphatic rings. The zero-order chi connectivity index (χ0) is 31.2. The van der Waals surface area contributed by atoms with Gasteiger partial charge in [0.15, 0.2) is 11.5 Å². The van der Waals surface area contributed by atoms with Crippen LogP contribution < -0.4 is 10.6 Å². The third kappa shape index (κ3) is 5.94. The van der Waals surface area contributed by atoms with Gasteiger partial charge >= 0.3 is 6.18 Å². The molecule has 0 bridgehead atoms. The zero-order valence-electron chi connectivity index (χ0n) is 24.7. The molecular weight excluding hydrogens is 577 g/mol. The second-order valence-corrected chi connectivity index (χ2v) is 11.7. The molecule has 2 saturated heterocycles. The number of rotatable bonds is 6. The second-order valence-electron chi connectivity index (χ2n) is 11.7. The maximum Gasteiger partial charge on any atom is 0.435 e.